The molecule has 0 aliphatic heterocycles. The second-order valence-corrected chi connectivity index (χ2v) is 11.0. The molecule has 0 aliphatic carbocycles. The van der Waals surface area contributed by atoms with E-state index in [2.05, 4.69) is 0 Å². The van der Waals surface area contributed by atoms with Crippen molar-refractivity contribution in [3.8, 4) is 0 Å². The van der Waals surface area contributed by atoms with Crippen molar-refractivity contribution < 1.29 is 59.4 Å². The van der Waals surface area contributed by atoms with Crippen molar-refractivity contribution in [1.29, 1.82) is 0 Å². The van der Waals surface area contributed by atoms with Crippen molar-refractivity contribution in [2.75, 3.05) is 0 Å². The molecule has 0 N–H and O–H groups in total. The van der Waals surface area contributed by atoms with E-state index in [1.807, 2.05) is 41.5 Å². The Labute approximate surface area is 324 Å². The van der Waals surface area contributed by atoms with Gasteiger partial charge in [0.05, 0.1) is 0 Å². The molecule has 0 heterocycles. The first-order valence-corrected chi connectivity index (χ1v) is 17.8. The number of unbranched alkanes of at least 4 members (excludes halogenated alkanes) is 12. The Hall–Kier alpha value is -2.12. The van der Waals surface area contributed by atoms with Crippen molar-refractivity contribution in [2.24, 2.45) is 0 Å². The first-order valence-electron chi connectivity index (χ1n) is 17.8. The Morgan fingerprint density at radius 2 is 0.360 bits per heavy atom. The normalized spacial score (nSPS) is 8.76. The van der Waals surface area contributed by atoms with Crippen LogP contribution in [0.2, 0.25) is 0 Å². The van der Waals surface area contributed by atoms with Crippen molar-refractivity contribution in [3.63, 3.8) is 0 Å². The fraction of sp³-hybridized carbons (Fsp3) is 0.833. The van der Waals surface area contributed by atoms with Crippen LogP contribution in [0.5, 0.6) is 0 Å². The third-order valence-electron chi connectivity index (χ3n) is 5.91. The molecule has 288 valence electrons. The Kier molecular flexibility index (Phi) is 82.1. The predicted molar refractivity (Wildman–Crippen MR) is 186 cm³/mol. The van der Waals surface area contributed by atoms with E-state index in [4.69, 9.17) is 0 Å². The van der Waals surface area contributed by atoms with Gasteiger partial charge in [-0.2, -0.15) is 0 Å². The number of carbonyl (C=O) groups excluding carboxylic acids is 6. The van der Waals surface area contributed by atoms with Crippen LogP contribution in [-0.2, 0) is 28.8 Å². The molecular formula is C36H66Al2O12. The number of aliphatic carboxylic acids is 6. The molecule has 0 aromatic carbocycles. The summed E-state index contributed by atoms with van der Waals surface area (Å²) in [5.74, 6) is -5.59. The van der Waals surface area contributed by atoms with Crippen LogP contribution in [0, 0.1) is 0 Å². The van der Waals surface area contributed by atoms with Crippen LogP contribution in [0.15, 0.2) is 0 Å². The van der Waals surface area contributed by atoms with Gasteiger partial charge < -0.3 is 59.4 Å². The number of hydrogen-bond donors (Lipinski definition) is 0. The number of carboxylic acids is 6. The Bertz CT molecular complexity index is 581. The quantitative estimate of drug-likeness (QED) is 0.0998. The zero-order chi connectivity index (χ0) is 38.4. The van der Waals surface area contributed by atoms with E-state index in [-0.39, 0.29) is 73.2 Å². The van der Waals surface area contributed by atoms with Crippen molar-refractivity contribution in [1.82, 2.24) is 0 Å². The molecule has 0 aromatic rings. The van der Waals surface area contributed by atoms with Gasteiger partial charge in [-0.1, -0.05) is 119 Å². The zero-order valence-electron chi connectivity index (χ0n) is 32.0. The molecule has 0 saturated heterocycles. The molecule has 50 heavy (non-hydrogen) atoms. The Morgan fingerprint density at radius 3 is 0.420 bits per heavy atom. The molecule has 0 aromatic heterocycles. The molecule has 0 spiro atoms. The first kappa shape index (κ1) is 66.2. The van der Waals surface area contributed by atoms with E-state index in [0.29, 0.717) is 0 Å². The maximum absolute atomic E-state index is 9.76. The predicted octanol–water partition coefficient (Wildman–Crippen LogP) is 1.14. The third kappa shape index (κ3) is 119. The number of rotatable bonds is 24. The van der Waals surface area contributed by atoms with Gasteiger partial charge in [0.25, 0.3) is 0 Å². The molecule has 0 atom stereocenters. The van der Waals surface area contributed by atoms with Gasteiger partial charge >= 0.3 is 34.7 Å². The molecule has 0 bridgehead atoms. The summed E-state index contributed by atoms with van der Waals surface area (Å²) in [6.07, 6.45) is 18.2. The van der Waals surface area contributed by atoms with Gasteiger partial charge in [-0.3, -0.25) is 0 Å². The van der Waals surface area contributed by atoms with Crippen molar-refractivity contribution >= 4 is 70.5 Å². The minimum Gasteiger partial charge on any atom is -0.550 e. The van der Waals surface area contributed by atoms with Crippen LogP contribution in [0.3, 0.4) is 0 Å². The van der Waals surface area contributed by atoms with Crippen molar-refractivity contribution in [2.45, 2.75) is 196 Å². The summed E-state index contributed by atoms with van der Waals surface area (Å²) in [5, 5.41) is 58.6. The Balaban J connectivity index is -0.0000000700. The topological polar surface area (TPSA) is 241 Å². The summed E-state index contributed by atoms with van der Waals surface area (Å²) in [6.45, 7) is 12.2. The largest absolute Gasteiger partial charge is 3.00 e. The molecular weight excluding hydrogens is 678 g/mol. The number of carbonyl (C=O) groups is 6. The van der Waals surface area contributed by atoms with E-state index in [1.54, 1.807) is 0 Å². The molecule has 0 aliphatic rings. The summed E-state index contributed by atoms with van der Waals surface area (Å²) >= 11 is 0. The number of carboxylic acid groups (broad SMARTS) is 6. The zero-order valence-corrected chi connectivity index (χ0v) is 34.3. The standard InChI is InChI=1S/6C6H12O2.2Al/c6*1-2-3-4-5-6(7)8;;/h6*2-5H2,1H3,(H,7,8);;/q;;;;;;2*+3/p-6. The Morgan fingerprint density at radius 1 is 0.260 bits per heavy atom. The molecule has 12 nitrogen and oxygen atoms in total. The number of hydrogen-bond acceptors (Lipinski definition) is 12. The van der Waals surface area contributed by atoms with E-state index < -0.39 is 35.8 Å². The van der Waals surface area contributed by atoms with E-state index in [0.717, 1.165) is 116 Å². The van der Waals surface area contributed by atoms with Crippen LogP contribution in [0.1, 0.15) is 196 Å². The molecule has 0 saturated carbocycles. The smallest absolute Gasteiger partial charge is 0.550 e. The second-order valence-electron chi connectivity index (χ2n) is 11.0. The maximum atomic E-state index is 9.76. The van der Waals surface area contributed by atoms with Gasteiger partial charge in [0, 0.05) is 35.8 Å². The third-order valence-corrected chi connectivity index (χ3v) is 5.91. The van der Waals surface area contributed by atoms with E-state index >= 15 is 0 Å². The van der Waals surface area contributed by atoms with Gasteiger partial charge in [-0.25, -0.2) is 0 Å². The second kappa shape index (κ2) is 62.1. The molecule has 0 fully saturated rings. The van der Waals surface area contributed by atoms with E-state index in [1.165, 1.54) is 0 Å². The fourth-order valence-electron chi connectivity index (χ4n) is 3.12. The summed E-state index contributed by atoms with van der Waals surface area (Å²) in [6, 6.07) is 0. The summed E-state index contributed by atoms with van der Waals surface area (Å²) in [4.78, 5) is 58.6. The minimum atomic E-state index is -0.932. The average molecular weight is 745 g/mol. The van der Waals surface area contributed by atoms with Gasteiger partial charge in [-0.05, 0) is 77.0 Å². The van der Waals surface area contributed by atoms with Gasteiger partial charge in [0.1, 0.15) is 0 Å². The van der Waals surface area contributed by atoms with E-state index in [9.17, 15) is 59.4 Å². The maximum Gasteiger partial charge on any atom is 3.00 e. The van der Waals surface area contributed by atoms with Crippen LogP contribution in [0.4, 0.5) is 0 Å². The monoisotopic (exact) mass is 744 g/mol. The summed E-state index contributed by atoms with van der Waals surface area (Å²) in [7, 11) is 0. The summed E-state index contributed by atoms with van der Waals surface area (Å²) in [5.41, 5.74) is 0. The first-order chi connectivity index (χ1) is 22.6. The summed E-state index contributed by atoms with van der Waals surface area (Å²) < 4.78 is 0. The van der Waals surface area contributed by atoms with Gasteiger partial charge in [-0.15, -0.1) is 0 Å². The molecule has 0 unspecified atom stereocenters. The molecule has 14 heteroatoms. The SMILES string of the molecule is CCCCCC(=O)[O-].CCCCCC(=O)[O-].CCCCCC(=O)[O-].CCCCCC(=O)[O-].CCCCCC(=O)[O-].CCCCCC(=O)[O-].[Al+3].[Al+3]. The van der Waals surface area contributed by atoms with Crippen LogP contribution in [-0.4, -0.2) is 70.5 Å². The van der Waals surface area contributed by atoms with Crippen LogP contribution < -0.4 is 30.6 Å². The minimum absolute atomic E-state index is 0. The average Bonchev–Trinajstić information content (AvgIpc) is 2.99. The fourth-order valence-corrected chi connectivity index (χ4v) is 3.12. The van der Waals surface area contributed by atoms with Crippen LogP contribution >= 0.6 is 0 Å². The molecule has 0 radical (unpaired) electrons. The molecule has 0 amide bonds. The van der Waals surface area contributed by atoms with Crippen molar-refractivity contribution in [3.05, 3.63) is 0 Å². The van der Waals surface area contributed by atoms with Gasteiger partial charge in [0.2, 0.25) is 0 Å². The molecule has 0 rings (SSSR count). The van der Waals surface area contributed by atoms with Gasteiger partial charge in [0.15, 0.2) is 0 Å². The van der Waals surface area contributed by atoms with Crippen LogP contribution in [0.25, 0.3) is 0 Å².